The number of amides is 1. The van der Waals surface area contributed by atoms with Gasteiger partial charge in [-0.3, -0.25) is 4.79 Å². The van der Waals surface area contributed by atoms with Crippen LogP contribution in [0.3, 0.4) is 0 Å². The number of anilines is 1. The summed E-state index contributed by atoms with van der Waals surface area (Å²) in [5, 5.41) is 3.41. The van der Waals surface area contributed by atoms with Crippen LogP contribution in [0.1, 0.15) is 48.6 Å². The van der Waals surface area contributed by atoms with Crippen LogP contribution in [0.2, 0.25) is 0 Å². The Bertz CT molecular complexity index is 1340. The fourth-order valence-electron chi connectivity index (χ4n) is 4.20. The molecular weight excluding hydrogens is 456 g/mol. The number of benzene rings is 3. The molecule has 6 heteroatoms. The van der Waals surface area contributed by atoms with Crippen molar-refractivity contribution in [1.29, 1.82) is 0 Å². The highest BCUT2D eigenvalue weighted by Gasteiger charge is 2.20. The van der Waals surface area contributed by atoms with E-state index in [-0.39, 0.29) is 4.90 Å². The van der Waals surface area contributed by atoms with Crippen molar-refractivity contribution >= 4 is 27.7 Å². The first kappa shape index (κ1) is 26.2. The third-order valence-corrected chi connectivity index (χ3v) is 7.66. The van der Waals surface area contributed by atoms with Gasteiger partial charge in [-0.05, 0) is 118 Å². The van der Waals surface area contributed by atoms with Crippen LogP contribution in [-0.2, 0) is 14.8 Å². The van der Waals surface area contributed by atoms with Crippen molar-refractivity contribution in [2.75, 3.05) is 5.32 Å². The van der Waals surface area contributed by atoms with E-state index in [4.69, 9.17) is 0 Å². The molecule has 0 unspecified atom stereocenters. The topological polar surface area (TPSA) is 75.3 Å². The van der Waals surface area contributed by atoms with Crippen molar-refractivity contribution < 1.29 is 13.2 Å². The molecule has 0 atom stereocenters. The highest BCUT2D eigenvalue weighted by molar-refractivity contribution is 7.90. The zero-order valence-electron chi connectivity index (χ0n) is 21.5. The van der Waals surface area contributed by atoms with Gasteiger partial charge in [0.15, 0.2) is 0 Å². The van der Waals surface area contributed by atoms with E-state index in [1.54, 1.807) is 31.2 Å². The third-order valence-electron chi connectivity index (χ3n) is 6.31. The van der Waals surface area contributed by atoms with Crippen molar-refractivity contribution in [2.45, 2.75) is 59.4 Å². The minimum atomic E-state index is -3.93. The normalized spacial score (nSPS) is 12.1. The Kier molecular flexibility index (Phi) is 7.86. The lowest BCUT2D eigenvalue weighted by molar-refractivity contribution is -0.115. The second-order valence-corrected chi connectivity index (χ2v) is 10.9. The lowest BCUT2D eigenvalue weighted by Gasteiger charge is -2.20. The standard InChI is InChI=1S/C29H34N2O3S/c1-18(2)30-25-15-13-24(14-16-25)28-22(6)20(4)27(21(5)23(28)7)17-19(3)29(32)31-35(33,34)26-11-9-8-10-12-26/h8-18,30H,1-7H3,(H,31,32)/b19-17+. The molecule has 0 spiro atoms. The Morgan fingerprint density at radius 3 is 1.89 bits per heavy atom. The van der Waals surface area contributed by atoms with Crippen LogP contribution >= 0.6 is 0 Å². The Balaban J connectivity index is 1.95. The molecule has 3 rings (SSSR count). The van der Waals surface area contributed by atoms with Gasteiger partial charge in [0.1, 0.15) is 0 Å². The van der Waals surface area contributed by atoms with Crippen LogP contribution in [-0.4, -0.2) is 20.4 Å². The molecule has 5 nitrogen and oxygen atoms in total. The molecule has 35 heavy (non-hydrogen) atoms. The van der Waals surface area contributed by atoms with Gasteiger partial charge in [0.25, 0.3) is 15.9 Å². The maximum atomic E-state index is 12.8. The Labute approximate surface area is 209 Å². The van der Waals surface area contributed by atoms with Crippen molar-refractivity contribution in [3.63, 3.8) is 0 Å². The first-order chi connectivity index (χ1) is 16.4. The summed E-state index contributed by atoms with van der Waals surface area (Å²) in [7, 11) is -3.93. The fourth-order valence-corrected chi connectivity index (χ4v) is 5.24. The number of carbonyl (C=O) groups is 1. The lowest BCUT2D eigenvalue weighted by atomic mass is 9.85. The number of rotatable bonds is 7. The van der Waals surface area contributed by atoms with E-state index in [0.717, 1.165) is 39.1 Å². The maximum absolute atomic E-state index is 12.8. The van der Waals surface area contributed by atoms with Crippen LogP contribution < -0.4 is 10.0 Å². The SMILES string of the molecule is C/C(=C\c1c(C)c(C)c(-c2ccc(NC(C)C)cc2)c(C)c1C)C(=O)NS(=O)(=O)c1ccccc1. The summed E-state index contributed by atoms with van der Waals surface area (Å²) in [6.07, 6.45) is 1.78. The molecule has 0 bridgehead atoms. The van der Waals surface area contributed by atoms with Gasteiger partial charge in [0.05, 0.1) is 4.90 Å². The molecule has 184 valence electrons. The molecule has 0 saturated carbocycles. The van der Waals surface area contributed by atoms with Crippen molar-refractivity contribution in [2.24, 2.45) is 0 Å². The largest absolute Gasteiger partial charge is 0.383 e. The minimum Gasteiger partial charge on any atom is -0.383 e. The molecule has 3 aromatic rings. The van der Waals surface area contributed by atoms with E-state index in [0.29, 0.717) is 11.6 Å². The monoisotopic (exact) mass is 490 g/mol. The Morgan fingerprint density at radius 1 is 0.829 bits per heavy atom. The predicted molar refractivity (Wildman–Crippen MR) is 145 cm³/mol. The molecule has 0 fully saturated rings. The Morgan fingerprint density at radius 2 is 1.37 bits per heavy atom. The van der Waals surface area contributed by atoms with E-state index >= 15 is 0 Å². The first-order valence-corrected chi connectivity index (χ1v) is 13.2. The minimum absolute atomic E-state index is 0.0548. The molecule has 0 aliphatic heterocycles. The highest BCUT2D eigenvalue weighted by Crippen LogP contribution is 2.35. The van der Waals surface area contributed by atoms with Crippen LogP contribution in [0.4, 0.5) is 5.69 Å². The van der Waals surface area contributed by atoms with Crippen molar-refractivity contribution in [3.05, 3.63) is 88.0 Å². The lowest BCUT2D eigenvalue weighted by Crippen LogP contribution is -2.31. The maximum Gasteiger partial charge on any atom is 0.264 e. The van der Waals surface area contributed by atoms with E-state index in [1.165, 1.54) is 17.7 Å². The summed E-state index contributed by atoms with van der Waals surface area (Å²) in [6.45, 7) is 14.1. The van der Waals surface area contributed by atoms with E-state index < -0.39 is 15.9 Å². The third kappa shape index (κ3) is 5.82. The van der Waals surface area contributed by atoms with Crippen LogP contribution in [0.5, 0.6) is 0 Å². The summed E-state index contributed by atoms with van der Waals surface area (Å²) in [4.78, 5) is 12.8. The van der Waals surface area contributed by atoms with Crippen LogP contribution in [0, 0.1) is 27.7 Å². The summed E-state index contributed by atoms with van der Waals surface area (Å²) < 4.78 is 27.3. The molecule has 0 aromatic heterocycles. The molecule has 0 radical (unpaired) electrons. The average molecular weight is 491 g/mol. The summed E-state index contributed by atoms with van der Waals surface area (Å²) in [5.74, 6) is -0.639. The van der Waals surface area contributed by atoms with Gasteiger partial charge in [-0.2, -0.15) is 0 Å². The molecule has 0 aliphatic rings. The van der Waals surface area contributed by atoms with E-state index in [9.17, 15) is 13.2 Å². The molecule has 0 aliphatic carbocycles. The van der Waals surface area contributed by atoms with Gasteiger partial charge >= 0.3 is 0 Å². The zero-order valence-corrected chi connectivity index (χ0v) is 22.3. The molecular formula is C29H34N2O3S. The highest BCUT2D eigenvalue weighted by atomic mass is 32.2. The second kappa shape index (κ2) is 10.5. The molecule has 2 N–H and O–H groups in total. The van der Waals surface area contributed by atoms with Gasteiger partial charge in [-0.1, -0.05) is 30.3 Å². The number of hydrogen-bond acceptors (Lipinski definition) is 4. The summed E-state index contributed by atoms with van der Waals surface area (Å²) >= 11 is 0. The molecule has 1 amide bonds. The van der Waals surface area contributed by atoms with Gasteiger partial charge in [0.2, 0.25) is 0 Å². The van der Waals surface area contributed by atoms with E-state index in [1.807, 2.05) is 13.8 Å². The van der Waals surface area contributed by atoms with Gasteiger partial charge in [0, 0.05) is 17.3 Å². The summed E-state index contributed by atoms with van der Waals surface area (Å²) in [5.41, 5.74) is 9.05. The second-order valence-electron chi connectivity index (χ2n) is 9.24. The van der Waals surface area contributed by atoms with E-state index in [2.05, 4.69) is 62.0 Å². The van der Waals surface area contributed by atoms with Crippen LogP contribution in [0.15, 0.2) is 65.1 Å². The predicted octanol–water partition coefficient (Wildman–Crippen LogP) is 6.32. The quantitative estimate of drug-likeness (QED) is 0.380. The molecule has 0 saturated heterocycles. The molecule has 3 aromatic carbocycles. The number of hydrogen-bond donors (Lipinski definition) is 2. The fraction of sp³-hybridized carbons (Fsp3) is 0.276. The molecule has 0 heterocycles. The summed E-state index contributed by atoms with van der Waals surface area (Å²) in [6, 6.07) is 16.7. The smallest absolute Gasteiger partial charge is 0.264 e. The van der Waals surface area contributed by atoms with Crippen LogP contribution in [0.25, 0.3) is 17.2 Å². The number of sulfonamides is 1. The van der Waals surface area contributed by atoms with Crippen molar-refractivity contribution in [1.82, 2.24) is 4.72 Å². The first-order valence-electron chi connectivity index (χ1n) is 11.7. The number of carbonyl (C=O) groups excluding carboxylic acids is 1. The van der Waals surface area contributed by atoms with Gasteiger partial charge in [-0.25, -0.2) is 13.1 Å². The average Bonchev–Trinajstić information content (AvgIpc) is 2.81. The van der Waals surface area contributed by atoms with Gasteiger partial charge < -0.3 is 5.32 Å². The Hall–Kier alpha value is -3.38. The number of nitrogens with one attached hydrogen (secondary N) is 2. The van der Waals surface area contributed by atoms with Crippen molar-refractivity contribution in [3.8, 4) is 11.1 Å². The van der Waals surface area contributed by atoms with Gasteiger partial charge in [-0.15, -0.1) is 0 Å². The zero-order chi connectivity index (χ0) is 25.9.